The molecule has 1 aliphatic heterocycles. The zero-order valence-corrected chi connectivity index (χ0v) is 15.6. The van der Waals surface area contributed by atoms with Crippen molar-refractivity contribution < 1.29 is 4.74 Å². The van der Waals surface area contributed by atoms with Crippen LogP contribution in [0.15, 0.2) is 4.99 Å². The molecule has 0 bridgehead atoms. The van der Waals surface area contributed by atoms with Gasteiger partial charge in [0.15, 0.2) is 5.96 Å². The van der Waals surface area contributed by atoms with Crippen LogP contribution < -0.4 is 11.1 Å². The summed E-state index contributed by atoms with van der Waals surface area (Å²) in [7, 11) is 1.69. The molecule has 0 aromatic rings. The van der Waals surface area contributed by atoms with Gasteiger partial charge in [-0.25, -0.2) is 0 Å². The van der Waals surface area contributed by atoms with E-state index < -0.39 is 0 Å². The Kier molecular flexibility index (Phi) is 10.6. The Hall–Kier alpha value is -0.0800. The minimum atomic E-state index is 0. The molecule has 3 N–H and O–H groups in total. The predicted octanol–water partition coefficient (Wildman–Crippen LogP) is 1.81. The van der Waals surface area contributed by atoms with E-state index in [-0.39, 0.29) is 30.0 Å². The number of nitrogens with zero attached hydrogens (tertiary/aromatic N) is 2. The molecule has 1 fully saturated rings. The van der Waals surface area contributed by atoms with E-state index in [1.54, 1.807) is 7.11 Å². The largest absolute Gasteiger partial charge is 0.383 e. The number of piperidine rings is 1. The summed E-state index contributed by atoms with van der Waals surface area (Å²) in [5.41, 5.74) is 5.88. The zero-order chi connectivity index (χ0) is 14.3. The Morgan fingerprint density at radius 1 is 1.45 bits per heavy atom. The molecule has 0 radical (unpaired) electrons. The lowest BCUT2D eigenvalue weighted by molar-refractivity contribution is 0.118. The summed E-state index contributed by atoms with van der Waals surface area (Å²) in [4.78, 5) is 6.98. The van der Waals surface area contributed by atoms with E-state index in [4.69, 9.17) is 10.5 Å². The lowest BCUT2D eigenvalue weighted by Crippen LogP contribution is -2.46. The molecule has 0 saturated carbocycles. The second kappa shape index (κ2) is 10.6. The highest BCUT2D eigenvalue weighted by Gasteiger charge is 2.22. The second-order valence-corrected chi connectivity index (χ2v) is 5.66. The number of rotatable bonds is 6. The summed E-state index contributed by atoms with van der Waals surface area (Å²) in [5, 5.41) is 3.13. The molecule has 120 valence electrons. The summed E-state index contributed by atoms with van der Waals surface area (Å²) in [5.74, 6) is 0.515. The first-order valence-electron chi connectivity index (χ1n) is 7.35. The normalized spacial score (nSPS) is 23.8. The Balaban J connectivity index is 0.00000361. The first-order valence-corrected chi connectivity index (χ1v) is 7.35. The molecule has 0 amide bonds. The zero-order valence-electron chi connectivity index (χ0n) is 13.3. The monoisotopic (exact) mass is 398 g/mol. The van der Waals surface area contributed by atoms with Crippen LogP contribution >= 0.6 is 24.0 Å². The van der Waals surface area contributed by atoms with Gasteiger partial charge in [0.1, 0.15) is 0 Å². The van der Waals surface area contributed by atoms with Gasteiger partial charge in [-0.3, -0.25) is 9.89 Å². The van der Waals surface area contributed by atoms with E-state index in [0.29, 0.717) is 24.7 Å². The van der Waals surface area contributed by atoms with Crippen LogP contribution in [0.3, 0.4) is 0 Å². The topological polar surface area (TPSA) is 62.9 Å². The van der Waals surface area contributed by atoms with Crippen LogP contribution in [0.4, 0.5) is 0 Å². The Morgan fingerprint density at radius 2 is 2.15 bits per heavy atom. The van der Waals surface area contributed by atoms with Gasteiger partial charge in [-0.1, -0.05) is 6.42 Å². The minimum Gasteiger partial charge on any atom is -0.383 e. The van der Waals surface area contributed by atoms with Gasteiger partial charge in [0.25, 0.3) is 0 Å². The van der Waals surface area contributed by atoms with E-state index >= 15 is 0 Å². The molecular weight excluding hydrogens is 367 g/mol. The van der Waals surface area contributed by atoms with E-state index in [1.807, 2.05) is 6.92 Å². The molecule has 1 heterocycles. The molecule has 0 aliphatic carbocycles. The number of aliphatic imine (C=N–C) groups is 1. The summed E-state index contributed by atoms with van der Waals surface area (Å²) < 4.78 is 5.06. The molecule has 5 nitrogen and oxygen atoms in total. The third-order valence-electron chi connectivity index (χ3n) is 3.76. The molecule has 1 rings (SSSR count). The van der Waals surface area contributed by atoms with Crippen molar-refractivity contribution in [2.24, 2.45) is 10.7 Å². The maximum Gasteiger partial charge on any atom is 0.188 e. The number of guanidine groups is 1. The van der Waals surface area contributed by atoms with Crippen molar-refractivity contribution in [3.63, 3.8) is 0 Å². The van der Waals surface area contributed by atoms with Crippen molar-refractivity contribution in [2.75, 3.05) is 26.8 Å². The third kappa shape index (κ3) is 7.08. The highest BCUT2D eigenvalue weighted by Crippen LogP contribution is 2.18. The lowest BCUT2D eigenvalue weighted by atomic mass is 10.0. The average Bonchev–Trinajstić information content (AvgIpc) is 2.36. The second-order valence-electron chi connectivity index (χ2n) is 5.66. The first kappa shape index (κ1) is 19.9. The van der Waals surface area contributed by atoms with Crippen LogP contribution in [0.1, 0.15) is 40.0 Å². The number of ether oxygens (including phenoxy) is 1. The molecule has 1 saturated heterocycles. The standard InChI is InChI=1S/C14H30N4O.HI/c1-11(10-19-4)17-14(15)16-9-13(3)18-8-6-5-7-12(18)2;/h11-13H,5-10H2,1-4H3,(H3,15,16,17);1H. The van der Waals surface area contributed by atoms with Gasteiger partial charge in [-0.05, 0) is 40.2 Å². The summed E-state index contributed by atoms with van der Waals surface area (Å²) in [6.07, 6.45) is 3.95. The number of nitrogens with two attached hydrogens (primary N) is 1. The molecule has 20 heavy (non-hydrogen) atoms. The van der Waals surface area contributed by atoms with E-state index in [1.165, 1.54) is 25.8 Å². The Labute approximate surface area is 140 Å². The Morgan fingerprint density at radius 3 is 2.75 bits per heavy atom. The molecule has 1 aliphatic rings. The molecule has 3 unspecified atom stereocenters. The third-order valence-corrected chi connectivity index (χ3v) is 3.76. The molecular formula is C14H31IN4O. The van der Waals surface area contributed by atoms with Gasteiger partial charge in [-0.2, -0.15) is 0 Å². The smallest absolute Gasteiger partial charge is 0.188 e. The molecule has 0 spiro atoms. The van der Waals surface area contributed by atoms with E-state index in [2.05, 4.69) is 29.1 Å². The number of nitrogens with one attached hydrogen (secondary N) is 1. The van der Waals surface area contributed by atoms with Gasteiger partial charge < -0.3 is 15.8 Å². The quantitative estimate of drug-likeness (QED) is 0.407. The van der Waals surface area contributed by atoms with Crippen molar-refractivity contribution in [3.05, 3.63) is 0 Å². The summed E-state index contributed by atoms with van der Waals surface area (Å²) >= 11 is 0. The average molecular weight is 398 g/mol. The number of hydrogen-bond acceptors (Lipinski definition) is 3. The van der Waals surface area contributed by atoms with E-state index in [9.17, 15) is 0 Å². The van der Waals surface area contributed by atoms with Crippen molar-refractivity contribution in [1.29, 1.82) is 0 Å². The van der Waals surface area contributed by atoms with Gasteiger partial charge in [0.05, 0.1) is 13.2 Å². The highest BCUT2D eigenvalue weighted by atomic mass is 127. The fourth-order valence-electron chi connectivity index (χ4n) is 2.70. The van der Waals surface area contributed by atoms with Gasteiger partial charge >= 0.3 is 0 Å². The summed E-state index contributed by atoms with van der Waals surface area (Å²) in [6, 6.07) is 1.31. The van der Waals surface area contributed by atoms with Crippen LogP contribution in [0.5, 0.6) is 0 Å². The van der Waals surface area contributed by atoms with Crippen molar-refractivity contribution in [1.82, 2.24) is 10.2 Å². The summed E-state index contributed by atoms with van der Waals surface area (Å²) in [6.45, 7) is 9.14. The highest BCUT2D eigenvalue weighted by molar-refractivity contribution is 14.0. The van der Waals surface area contributed by atoms with Gasteiger partial charge in [0, 0.05) is 25.2 Å². The molecule has 0 aromatic heterocycles. The number of methoxy groups -OCH3 is 1. The first-order chi connectivity index (χ1) is 9.04. The van der Waals surface area contributed by atoms with Crippen LogP contribution in [0, 0.1) is 0 Å². The van der Waals surface area contributed by atoms with E-state index in [0.717, 1.165) is 6.54 Å². The van der Waals surface area contributed by atoms with Crippen LogP contribution in [-0.4, -0.2) is 55.8 Å². The predicted molar refractivity (Wildman–Crippen MR) is 95.9 cm³/mol. The maximum absolute atomic E-state index is 5.88. The van der Waals surface area contributed by atoms with Crippen LogP contribution in [-0.2, 0) is 4.74 Å². The maximum atomic E-state index is 5.88. The minimum absolute atomic E-state index is 0. The van der Waals surface area contributed by atoms with Crippen LogP contribution in [0.2, 0.25) is 0 Å². The molecule has 6 heteroatoms. The lowest BCUT2D eigenvalue weighted by Gasteiger charge is -2.37. The number of hydrogen-bond donors (Lipinski definition) is 2. The van der Waals surface area contributed by atoms with Gasteiger partial charge in [0.2, 0.25) is 0 Å². The van der Waals surface area contributed by atoms with Crippen molar-refractivity contribution in [3.8, 4) is 0 Å². The Bertz CT molecular complexity index is 288. The number of likely N-dealkylation sites (tertiary alicyclic amines) is 1. The van der Waals surface area contributed by atoms with Crippen molar-refractivity contribution >= 4 is 29.9 Å². The fourth-order valence-corrected chi connectivity index (χ4v) is 2.70. The van der Waals surface area contributed by atoms with Crippen molar-refractivity contribution in [2.45, 2.75) is 58.2 Å². The molecule has 0 aromatic carbocycles. The fraction of sp³-hybridized carbons (Fsp3) is 0.929. The number of halogens is 1. The SMILES string of the molecule is COCC(C)NC(N)=NCC(C)N1CCCCC1C.I. The van der Waals surface area contributed by atoms with Gasteiger partial charge in [-0.15, -0.1) is 24.0 Å². The molecule has 3 atom stereocenters. The van der Waals surface area contributed by atoms with Crippen LogP contribution in [0.25, 0.3) is 0 Å².